The Morgan fingerprint density at radius 1 is 1.25 bits per heavy atom. The first kappa shape index (κ1) is 17.0. The summed E-state index contributed by atoms with van der Waals surface area (Å²) in [6.45, 7) is 11.2. The van der Waals surface area contributed by atoms with Crippen LogP contribution >= 0.6 is 12.4 Å². The molecule has 1 unspecified atom stereocenters. The summed E-state index contributed by atoms with van der Waals surface area (Å²) in [7, 11) is 0. The van der Waals surface area contributed by atoms with E-state index in [1.54, 1.807) is 0 Å². The van der Waals surface area contributed by atoms with Crippen LogP contribution < -0.4 is 5.32 Å². The average molecular weight is 297 g/mol. The van der Waals surface area contributed by atoms with Gasteiger partial charge < -0.3 is 10.2 Å². The van der Waals surface area contributed by atoms with E-state index in [1.165, 1.54) is 5.56 Å². The zero-order valence-corrected chi connectivity index (χ0v) is 13.6. The molecule has 0 aliphatic carbocycles. The number of halogens is 1. The van der Waals surface area contributed by atoms with Gasteiger partial charge in [-0.2, -0.15) is 0 Å². The highest BCUT2D eigenvalue weighted by molar-refractivity contribution is 5.94. The summed E-state index contributed by atoms with van der Waals surface area (Å²) in [5.74, 6) is 0.148. The van der Waals surface area contributed by atoms with Gasteiger partial charge in [0.1, 0.15) is 0 Å². The first-order valence-electron chi connectivity index (χ1n) is 7.02. The molecule has 1 atom stereocenters. The van der Waals surface area contributed by atoms with Gasteiger partial charge in [-0.3, -0.25) is 4.79 Å². The maximum atomic E-state index is 12.5. The monoisotopic (exact) mass is 296 g/mol. The predicted octanol–water partition coefficient (Wildman–Crippen LogP) is 2.84. The molecule has 0 spiro atoms. The largest absolute Gasteiger partial charge is 0.333 e. The van der Waals surface area contributed by atoms with E-state index >= 15 is 0 Å². The molecule has 1 fully saturated rings. The van der Waals surface area contributed by atoms with E-state index in [-0.39, 0.29) is 29.8 Å². The number of amides is 1. The van der Waals surface area contributed by atoms with E-state index in [0.29, 0.717) is 0 Å². The van der Waals surface area contributed by atoms with Crippen molar-refractivity contribution in [2.24, 2.45) is 0 Å². The van der Waals surface area contributed by atoms with Crippen LogP contribution in [-0.4, -0.2) is 36.5 Å². The SMILES string of the molecule is CC1CNCCN1C(=O)c1ccc(C(C)(C)C)cc1.Cl. The Morgan fingerprint density at radius 3 is 2.35 bits per heavy atom. The quantitative estimate of drug-likeness (QED) is 0.864. The van der Waals surface area contributed by atoms with E-state index in [4.69, 9.17) is 0 Å². The van der Waals surface area contributed by atoms with Gasteiger partial charge in [-0.25, -0.2) is 0 Å². The number of benzene rings is 1. The summed E-state index contributed by atoms with van der Waals surface area (Å²) in [4.78, 5) is 14.4. The highest BCUT2D eigenvalue weighted by Gasteiger charge is 2.24. The summed E-state index contributed by atoms with van der Waals surface area (Å²) in [5.41, 5.74) is 2.18. The van der Waals surface area contributed by atoms with Crippen molar-refractivity contribution < 1.29 is 4.79 Å². The number of carbonyl (C=O) groups excluding carboxylic acids is 1. The van der Waals surface area contributed by atoms with Crippen molar-refractivity contribution in [3.8, 4) is 0 Å². The molecule has 2 rings (SSSR count). The smallest absolute Gasteiger partial charge is 0.254 e. The van der Waals surface area contributed by atoms with Crippen LogP contribution in [0.5, 0.6) is 0 Å². The zero-order valence-electron chi connectivity index (χ0n) is 12.8. The van der Waals surface area contributed by atoms with Gasteiger partial charge in [-0.15, -0.1) is 12.4 Å². The Kier molecular flexibility index (Phi) is 5.60. The number of hydrogen-bond acceptors (Lipinski definition) is 2. The molecular weight excluding hydrogens is 272 g/mol. The molecule has 1 heterocycles. The summed E-state index contributed by atoms with van der Waals surface area (Å²) in [5, 5.41) is 3.31. The Balaban J connectivity index is 0.00000200. The van der Waals surface area contributed by atoms with Gasteiger partial charge in [-0.05, 0) is 30.0 Å². The van der Waals surface area contributed by atoms with Gasteiger partial charge in [-0.1, -0.05) is 32.9 Å². The second kappa shape index (κ2) is 6.59. The van der Waals surface area contributed by atoms with Gasteiger partial charge in [0.25, 0.3) is 5.91 Å². The maximum absolute atomic E-state index is 12.5. The molecule has 1 N–H and O–H groups in total. The fraction of sp³-hybridized carbons (Fsp3) is 0.562. The lowest BCUT2D eigenvalue weighted by atomic mass is 9.86. The topological polar surface area (TPSA) is 32.3 Å². The van der Waals surface area contributed by atoms with Crippen molar-refractivity contribution >= 4 is 18.3 Å². The molecule has 1 aromatic rings. The van der Waals surface area contributed by atoms with E-state index in [2.05, 4.69) is 45.1 Å². The van der Waals surface area contributed by atoms with Crippen LogP contribution in [0.15, 0.2) is 24.3 Å². The lowest BCUT2D eigenvalue weighted by Crippen LogP contribution is -2.52. The van der Waals surface area contributed by atoms with Crippen molar-refractivity contribution in [2.45, 2.75) is 39.2 Å². The van der Waals surface area contributed by atoms with Gasteiger partial charge in [0, 0.05) is 31.2 Å². The molecule has 1 aliphatic heterocycles. The third kappa shape index (κ3) is 3.74. The van der Waals surface area contributed by atoms with Gasteiger partial charge in [0.15, 0.2) is 0 Å². The van der Waals surface area contributed by atoms with Crippen LogP contribution in [0.25, 0.3) is 0 Å². The molecule has 0 radical (unpaired) electrons. The second-order valence-corrected chi connectivity index (χ2v) is 6.38. The van der Waals surface area contributed by atoms with Crippen LogP contribution in [0.4, 0.5) is 0 Å². The van der Waals surface area contributed by atoms with E-state index in [1.807, 2.05) is 17.0 Å². The molecule has 1 aliphatic rings. The van der Waals surface area contributed by atoms with Crippen LogP contribution in [0.1, 0.15) is 43.6 Å². The lowest BCUT2D eigenvalue weighted by Gasteiger charge is -2.34. The van der Waals surface area contributed by atoms with E-state index in [9.17, 15) is 4.79 Å². The predicted molar refractivity (Wildman–Crippen MR) is 85.8 cm³/mol. The maximum Gasteiger partial charge on any atom is 0.254 e. The summed E-state index contributed by atoms with van der Waals surface area (Å²) in [6.07, 6.45) is 0. The molecule has 0 saturated carbocycles. The van der Waals surface area contributed by atoms with Crippen molar-refractivity contribution in [1.29, 1.82) is 0 Å². The molecular formula is C16H25ClN2O. The van der Waals surface area contributed by atoms with Gasteiger partial charge in [0.05, 0.1) is 0 Å². The number of nitrogens with zero attached hydrogens (tertiary/aromatic N) is 1. The van der Waals surface area contributed by atoms with E-state index in [0.717, 1.165) is 25.2 Å². The van der Waals surface area contributed by atoms with Crippen molar-refractivity contribution in [3.05, 3.63) is 35.4 Å². The van der Waals surface area contributed by atoms with Crippen LogP contribution in [-0.2, 0) is 5.41 Å². The number of nitrogens with one attached hydrogen (secondary N) is 1. The summed E-state index contributed by atoms with van der Waals surface area (Å²) >= 11 is 0. The van der Waals surface area contributed by atoms with E-state index < -0.39 is 0 Å². The Labute approximate surface area is 128 Å². The Hall–Kier alpha value is -1.06. The number of piperazine rings is 1. The normalized spacial score (nSPS) is 19.4. The molecule has 0 bridgehead atoms. The summed E-state index contributed by atoms with van der Waals surface area (Å²) < 4.78 is 0. The van der Waals surface area contributed by atoms with Crippen molar-refractivity contribution in [2.75, 3.05) is 19.6 Å². The first-order chi connectivity index (χ1) is 8.89. The fourth-order valence-corrected chi connectivity index (χ4v) is 2.42. The fourth-order valence-electron chi connectivity index (χ4n) is 2.42. The molecule has 0 aromatic heterocycles. The molecule has 112 valence electrons. The highest BCUT2D eigenvalue weighted by Crippen LogP contribution is 2.22. The minimum Gasteiger partial charge on any atom is -0.333 e. The average Bonchev–Trinajstić information content (AvgIpc) is 2.38. The molecule has 1 amide bonds. The molecule has 4 heteroatoms. The van der Waals surface area contributed by atoms with Gasteiger partial charge >= 0.3 is 0 Å². The Bertz CT molecular complexity index is 451. The van der Waals surface area contributed by atoms with Crippen LogP contribution in [0.3, 0.4) is 0 Å². The zero-order chi connectivity index (χ0) is 14.0. The molecule has 3 nitrogen and oxygen atoms in total. The van der Waals surface area contributed by atoms with Crippen molar-refractivity contribution in [3.63, 3.8) is 0 Å². The third-order valence-electron chi connectivity index (χ3n) is 3.76. The van der Waals surface area contributed by atoms with Crippen LogP contribution in [0.2, 0.25) is 0 Å². The van der Waals surface area contributed by atoms with Crippen molar-refractivity contribution in [1.82, 2.24) is 10.2 Å². The molecule has 1 saturated heterocycles. The third-order valence-corrected chi connectivity index (χ3v) is 3.76. The highest BCUT2D eigenvalue weighted by atomic mass is 35.5. The number of rotatable bonds is 1. The summed E-state index contributed by atoms with van der Waals surface area (Å²) in [6, 6.07) is 8.32. The van der Waals surface area contributed by atoms with Gasteiger partial charge in [0.2, 0.25) is 0 Å². The second-order valence-electron chi connectivity index (χ2n) is 6.38. The minimum absolute atomic E-state index is 0. The van der Waals surface area contributed by atoms with Crippen LogP contribution in [0, 0.1) is 0 Å². The standard InChI is InChI=1S/C16H24N2O.ClH/c1-12-11-17-9-10-18(12)15(19)13-5-7-14(8-6-13)16(2,3)4;/h5-8,12,17H,9-11H2,1-4H3;1H. The molecule has 1 aromatic carbocycles. The number of carbonyl (C=O) groups is 1. The Morgan fingerprint density at radius 2 is 1.85 bits per heavy atom. The minimum atomic E-state index is 0. The first-order valence-corrected chi connectivity index (χ1v) is 7.02. The lowest BCUT2D eigenvalue weighted by molar-refractivity contribution is 0.0655. The number of hydrogen-bond donors (Lipinski definition) is 1. The molecule has 20 heavy (non-hydrogen) atoms.